The quantitative estimate of drug-likeness (QED) is 0.763. The Hall–Kier alpha value is -2.62. The lowest BCUT2D eigenvalue weighted by atomic mass is 10.0. The number of rotatable bonds is 2. The lowest BCUT2D eigenvalue weighted by molar-refractivity contribution is 0.0869. The van der Waals surface area contributed by atoms with Crippen molar-refractivity contribution >= 4 is 38.7 Å². The highest BCUT2D eigenvalue weighted by molar-refractivity contribution is 7.22. The summed E-state index contributed by atoms with van der Waals surface area (Å²) in [4.78, 5) is 46.6. The van der Waals surface area contributed by atoms with E-state index in [-0.39, 0.29) is 17.7 Å². The Kier molecular flexibility index (Phi) is 6.17. The van der Waals surface area contributed by atoms with Crippen molar-refractivity contribution < 1.29 is 14.3 Å². The number of anilines is 1. The average molecular weight is 448 g/mol. The molecule has 2 aromatic heterocycles. The van der Waals surface area contributed by atoms with Gasteiger partial charge < -0.3 is 14.5 Å². The molecule has 1 fully saturated rings. The maximum Gasteiger partial charge on any atom is 0.409 e. The van der Waals surface area contributed by atoms with E-state index < -0.39 is 0 Å². The van der Waals surface area contributed by atoms with Gasteiger partial charge in [-0.25, -0.2) is 14.6 Å². The maximum absolute atomic E-state index is 13.2. The minimum absolute atomic E-state index is 0.00796. The first-order valence-corrected chi connectivity index (χ1v) is 11.7. The van der Waals surface area contributed by atoms with Crippen molar-refractivity contribution in [2.75, 3.05) is 38.1 Å². The van der Waals surface area contributed by atoms with E-state index in [0.717, 1.165) is 30.7 Å². The van der Waals surface area contributed by atoms with Crippen LogP contribution in [-0.2, 0) is 17.7 Å². The molecular formula is C21H29N5O4S. The minimum atomic E-state index is -0.344. The number of aromatic nitrogens is 2. The van der Waals surface area contributed by atoms with Gasteiger partial charge >= 0.3 is 12.1 Å². The van der Waals surface area contributed by atoms with E-state index in [0.29, 0.717) is 60.5 Å². The summed E-state index contributed by atoms with van der Waals surface area (Å²) in [5, 5.41) is 4.22. The van der Waals surface area contributed by atoms with Gasteiger partial charge in [0, 0.05) is 39.1 Å². The van der Waals surface area contributed by atoms with Crippen LogP contribution in [0.3, 0.4) is 0 Å². The molecule has 0 bridgehead atoms. The fourth-order valence-corrected chi connectivity index (χ4v) is 5.23. The van der Waals surface area contributed by atoms with Gasteiger partial charge in [0.2, 0.25) is 0 Å². The molecule has 0 aliphatic carbocycles. The van der Waals surface area contributed by atoms with Crippen LogP contribution in [-0.4, -0.2) is 64.3 Å². The van der Waals surface area contributed by atoms with Crippen molar-refractivity contribution in [2.45, 2.75) is 46.6 Å². The molecule has 0 radical (unpaired) electrons. The molecule has 9 nitrogen and oxygen atoms in total. The molecule has 168 valence electrons. The summed E-state index contributed by atoms with van der Waals surface area (Å²) in [6, 6.07) is -0.228. The SMILES string of the molecule is CCOC(=O)N1CCN(C(=O)Nc2sc3nc4n(c(=O)c3c2C)CC[C@H](C)CC4)CC1. The first kappa shape index (κ1) is 21.6. The molecule has 1 saturated heterocycles. The summed E-state index contributed by atoms with van der Waals surface area (Å²) >= 11 is 1.36. The van der Waals surface area contributed by atoms with Crippen molar-refractivity contribution in [3.05, 3.63) is 21.7 Å². The van der Waals surface area contributed by atoms with Gasteiger partial charge in [0.25, 0.3) is 5.56 Å². The largest absolute Gasteiger partial charge is 0.450 e. The Morgan fingerprint density at radius 3 is 2.58 bits per heavy atom. The number of urea groups is 1. The second-order valence-electron chi connectivity index (χ2n) is 8.26. The van der Waals surface area contributed by atoms with Crippen LogP contribution in [0.25, 0.3) is 10.2 Å². The van der Waals surface area contributed by atoms with E-state index in [2.05, 4.69) is 12.2 Å². The van der Waals surface area contributed by atoms with Gasteiger partial charge in [-0.15, -0.1) is 0 Å². The second kappa shape index (κ2) is 8.86. The molecule has 0 aromatic carbocycles. The van der Waals surface area contributed by atoms with E-state index in [1.54, 1.807) is 16.7 Å². The van der Waals surface area contributed by atoms with Crippen LogP contribution in [0.5, 0.6) is 0 Å². The molecule has 0 unspecified atom stereocenters. The molecule has 3 amide bonds. The van der Waals surface area contributed by atoms with Gasteiger partial charge in [0.15, 0.2) is 0 Å². The monoisotopic (exact) mass is 447 g/mol. The minimum Gasteiger partial charge on any atom is -0.450 e. The van der Waals surface area contributed by atoms with Gasteiger partial charge in [0.05, 0.1) is 12.0 Å². The van der Waals surface area contributed by atoms with Gasteiger partial charge in [-0.3, -0.25) is 14.7 Å². The third-order valence-corrected chi connectivity index (χ3v) is 7.25. The molecule has 31 heavy (non-hydrogen) atoms. The zero-order chi connectivity index (χ0) is 22.1. The number of carbonyl (C=O) groups excluding carboxylic acids is 2. The van der Waals surface area contributed by atoms with Gasteiger partial charge in [-0.1, -0.05) is 18.3 Å². The molecule has 1 atom stereocenters. The number of nitrogens with zero attached hydrogens (tertiary/aromatic N) is 4. The number of amides is 3. The zero-order valence-corrected chi connectivity index (χ0v) is 19.1. The predicted molar refractivity (Wildman–Crippen MR) is 120 cm³/mol. The van der Waals surface area contributed by atoms with Crippen LogP contribution in [0, 0.1) is 12.8 Å². The molecule has 2 aromatic rings. The van der Waals surface area contributed by atoms with Gasteiger partial charge in [-0.05, 0) is 38.2 Å². The number of piperazine rings is 1. The fourth-order valence-electron chi connectivity index (χ4n) is 4.15. The van der Waals surface area contributed by atoms with Gasteiger partial charge in [0.1, 0.15) is 15.7 Å². The lowest BCUT2D eigenvalue weighted by Gasteiger charge is -2.33. The van der Waals surface area contributed by atoms with Crippen molar-refractivity contribution in [3.8, 4) is 0 Å². The van der Waals surface area contributed by atoms with Crippen molar-refractivity contribution in [3.63, 3.8) is 0 Å². The Morgan fingerprint density at radius 1 is 1.16 bits per heavy atom. The highest BCUT2D eigenvalue weighted by Crippen LogP contribution is 2.33. The summed E-state index contributed by atoms with van der Waals surface area (Å²) in [5.74, 6) is 1.43. The van der Waals surface area contributed by atoms with Crippen molar-refractivity contribution in [1.82, 2.24) is 19.4 Å². The Bertz CT molecular complexity index is 1050. The van der Waals surface area contributed by atoms with E-state index in [4.69, 9.17) is 9.72 Å². The third-order valence-electron chi connectivity index (χ3n) is 6.15. The Morgan fingerprint density at radius 2 is 1.87 bits per heavy atom. The first-order chi connectivity index (χ1) is 14.9. The van der Waals surface area contributed by atoms with E-state index >= 15 is 0 Å². The zero-order valence-electron chi connectivity index (χ0n) is 18.3. The topological polar surface area (TPSA) is 96.8 Å². The van der Waals surface area contributed by atoms with Crippen LogP contribution in [0.2, 0.25) is 0 Å². The fraction of sp³-hybridized carbons (Fsp3) is 0.619. The summed E-state index contributed by atoms with van der Waals surface area (Å²) < 4.78 is 6.83. The van der Waals surface area contributed by atoms with E-state index in [1.165, 1.54) is 11.3 Å². The number of hydrogen-bond acceptors (Lipinski definition) is 6. The highest BCUT2D eigenvalue weighted by Gasteiger charge is 2.26. The van der Waals surface area contributed by atoms with Crippen molar-refractivity contribution in [2.24, 2.45) is 5.92 Å². The number of ether oxygens (including phenoxy) is 1. The molecule has 0 spiro atoms. The van der Waals surface area contributed by atoms with Crippen LogP contribution in [0.4, 0.5) is 14.6 Å². The first-order valence-electron chi connectivity index (χ1n) is 10.9. The summed E-state index contributed by atoms with van der Waals surface area (Å²) in [5.41, 5.74) is 0.759. The normalized spacial score (nSPS) is 19.1. The maximum atomic E-state index is 13.2. The average Bonchev–Trinajstić information content (AvgIpc) is 2.93. The molecule has 10 heteroatoms. The number of carbonyl (C=O) groups is 2. The van der Waals surface area contributed by atoms with Crippen LogP contribution >= 0.6 is 11.3 Å². The Labute approximate surface area is 185 Å². The molecule has 4 rings (SSSR count). The molecule has 1 N–H and O–H groups in total. The molecule has 2 aliphatic rings. The van der Waals surface area contributed by atoms with Crippen LogP contribution in [0.15, 0.2) is 4.79 Å². The second-order valence-corrected chi connectivity index (χ2v) is 9.26. The van der Waals surface area contributed by atoms with Crippen LogP contribution in [0.1, 0.15) is 38.1 Å². The van der Waals surface area contributed by atoms with E-state index in [9.17, 15) is 14.4 Å². The lowest BCUT2D eigenvalue weighted by Crippen LogP contribution is -2.51. The number of nitrogens with one attached hydrogen (secondary N) is 1. The smallest absolute Gasteiger partial charge is 0.409 e. The third kappa shape index (κ3) is 4.26. The van der Waals surface area contributed by atoms with E-state index in [1.807, 2.05) is 11.5 Å². The number of aryl methyl sites for hydroxylation is 2. The summed E-state index contributed by atoms with van der Waals surface area (Å²) in [6.07, 6.45) is 2.47. The van der Waals surface area contributed by atoms with Crippen molar-refractivity contribution in [1.29, 1.82) is 0 Å². The summed E-state index contributed by atoms with van der Waals surface area (Å²) in [6.45, 7) is 8.61. The predicted octanol–water partition coefficient (Wildman–Crippen LogP) is 3.04. The van der Waals surface area contributed by atoms with Crippen LogP contribution < -0.4 is 10.9 Å². The number of fused-ring (bicyclic) bond motifs is 2. The number of hydrogen-bond donors (Lipinski definition) is 1. The molecule has 2 aliphatic heterocycles. The van der Waals surface area contributed by atoms with Gasteiger partial charge in [-0.2, -0.15) is 0 Å². The summed E-state index contributed by atoms with van der Waals surface area (Å²) in [7, 11) is 0. The molecule has 0 saturated carbocycles. The highest BCUT2D eigenvalue weighted by atomic mass is 32.1. The molecule has 4 heterocycles. The standard InChI is InChI=1S/C21H29N5O4S/c1-4-30-21(29)25-11-9-24(10-12-25)20(28)23-17-14(3)16-18(31-17)22-15-6-5-13(2)7-8-26(15)19(16)27/h13H,4-12H2,1-3H3,(H,23,28)/t13-/m1/s1. The Balaban J connectivity index is 1.50. The number of thiophene rings is 1. The molecular weight excluding hydrogens is 418 g/mol.